The summed E-state index contributed by atoms with van der Waals surface area (Å²) in [6, 6.07) is 1.53. The van der Waals surface area contributed by atoms with E-state index in [9.17, 15) is 10.1 Å². The van der Waals surface area contributed by atoms with Crippen LogP contribution in [0.2, 0.25) is 0 Å². The number of anilines is 2. The van der Waals surface area contributed by atoms with E-state index in [1.165, 1.54) is 18.5 Å². The number of hydrogen-bond acceptors (Lipinski definition) is 5. The highest BCUT2D eigenvalue weighted by molar-refractivity contribution is 5.65. The molecule has 0 radical (unpaired) electrons. The fourth-order valence-corrected chi connectivity index (χ4v) is 1.24. The summed E-state index contributed by atoms with van der Waals surface area (Å²) in [6.07, 6.45) is 6.04. The number of aromatic nitrogens is 3. The lowest BCUT2D eigenvalue weighted by molar-refractivity contribution is -0.384. The molecule has 82 valence electrons. The van der Waals surface area contributed by atoms with Crippen LogP contribution in [0.4, 0.5) is 17.3 Å². The SMILES string of the molecule is Cn1ccnc1Nc1ccncc1[N+](=O)[O-]. The lowest BCUT2D eigenvalue weighted by Gasteiger charge is -2.05. The highest BCUT2D eigenvalue weighted by atomic mass is 16.6. The molecule has 0 aromatic carbocycles. The molecule has 7 heteroatoms. The Labute approximate surface area is 90.9 Å². The third-order valence-electron chi connectivity index (χ3n) is 2.06. The molecule has 0 amide bonds. The molecule has 0 atom stereocenters. The average molecular weight is 219 g/mol. The van der Waals surface area contributed by atoms with Crippen LogP contribution in [0.15, 0.2) is 30.9 Å². The van der Waals surface area contributed by atoms with Gasteiger partial charge in [0.25, 0.3) is 0 Å². The number of imidazole rings is 1. The molecule has 0 fully saturated rings. The molecule has 0 saturated heterocycles. The predicted octanol–water partition coefficient (Wildman–Crippen LogP) is 1.47. The van der Waals surface area contributed by atoms with Gasteiger partial charge in [-0.2, -0.15) is 0 Å². The van der Waals surface area contributed by atoms with Crippen molar-refractivity contribution in [2.75, 3.05) is 5.32 Å². The third kappa shape index (κ3) is 1.83. The van der Waals surface area contributed by atoms with Crippen LogP contribution in [0.5, 0.6) is 0 Å². The maximum Gasteiger partial charge on any atom is 0.310 e. The minimum absolute atomic E-state index is 0.0782. The Kier molecular flexibility index (Phi) is 2.50. The van der Waals surface area contributed by atoms with E-state index in [0.717, 1.165) is 0 Å². The van der Waals surface area contributed by atoms with E-state index in [4.69, 9.17) is 0 Å². The normalized spacial score (nSPS) is 10.1. The molecule has 0 spiro atoms. The van der Waals surface area contributed by atoms with Crippen molar-refractivity contribution < 1.29 is 4.92 Å². The molecule has 0 aliphatic carbocycles. The molecule has 1 N–H and O–H groups in total. The Bertz CT molecular complexity index is 522. The average Bonchev–Trinajstić information content (AvgIpc) is 2.65. The molecule has 0 unspecified atom stereocenters. The van der Waals surface area contributed by atoms with Crippen molar-refractivity contribution >= 4 is 17.3 Å². The second-order valence-corrected chi connectivity index (χ2v) is 3.14. The molecule has 2 aromatic heterocycles. The van der Waals surface area contributed by atoms with Gasteiger partial charge in [-0.25, -0.2) is 4.98 Å². The second kappa shape index (κ2) is 3.97. The Morgan fingerprint density at radius 2 is 2.31 bits per heavy atom. The van der Waals surface area contributed by atoms with E-state index in [2.05, 4.69) is 15.3 Å². The summed E-state index contributed by atoms with van der Waals surface area (Å²) >= 11 is 0. The third-order valence-corrected chi connectivity index (χ3v) is 2.06. The summed E-state index contributed by atoms with van der Waals surface area (Å²) in [5.74, 6) is 0.536. The Morgan fingerprint density at radius 1 is 1.50 bits per heavy atom. The number of rotatable bonds is 3. The van der Waals surface area contributed by atoms with Gasteiger partial charge in [-0.15, -0.1) is 0 Å². The Balaban J connectivity index is 2.35. The first-order chi connectivity index (χ1) is 7.68. The van der Waals surface area contributed by atoms with Crippen LogP contribution in [0.3, 0.4) is 0 Å². The number of nitrogens with one attached hydrogen (secondary N) is 1. The first-order valence-electron chi connectivity index (χ1n) is 4.51. The lowest BCUT2D eigenvalue weighted by Crippen LogP contribution is -2.01. The van der Waals surface area contributed by atoms with E-state index < -0.39 is 4.92 Å². The van der Waals surface area contributed by atoms with Gasteiger partial charge in [0.1, 0.15) is 11.9 Å². The summed E-state index contributed by atoms with van der Waals surface area (Å²) in [7, 11) is 1.79. The van der Waals surface area contributed by atoms with Crippen LogP contribution >= 0.6 is 0 Å². The quantitative estimate of drug-likeness (QED) is 0.624. The van der Waals surface area contributed by atoms with Gasteiger partial charge in [-0.05, 0) is 6.07 Å². The number of aryl methyl sites for hydroxylation is 1. The Morgan fingerprint density at radius 3 is 2.94 bits per heavy atom. The maximum absolute atomic E-state index is 10.7. The number of pyridine rings is 1. The summed E-state index contributed by atoms with van der Waals surface area (Å²) in [6.45, 7) is 0. The van der Waals surface area contributed by atoms with E-state index >= 15 is 0 Å². The number of nitrogens with zero attached hydrogens (tertiary/aromatic N) is 4. The van der Waals surface area contributed by atoms with Crippen LogP contribution in [-0.4, -0.2) is 19.5 Å². The van der Waals surface area contributed by atoms with Crippen molar-refractivity contribution in [2.45, 2.75) is 0 Å². The molecule has 2 rings (SSSR count). The zero-order chi connectivity index (χ0) is 11.5. The smallest absolute Gasteiger partial charge is 0.310 e. The molecule has 0 aliphatic rings. The van der Waals surface area contributed by atoms with Gasteiger partial charge in [0, 0.05) is 25.6 Å². The van der Waals surface area contributed by atoms with E-state index in [-0.39, 0.29) is 5.69 Å². The molecule has 2 aromatic rings. The molecule has 16 heavy (non-hydrogen) atoms. The lowest BCUT2D eigenvalue weighted by atomic mass is 10.3. The minimum Gasteiger partial charge on any atom is -0.320 e. The summed E-state index contributed by atoms with van der Waals surface area (Å²) in [5, 5.41) is 13.6. The van der Waals surface area contributed by atoms with Crippen molar-refractivity contribution in [3.05, 3.63) is 41.0 Å². The number of hydrogen-bond donors (Lipinski definition) is 1. The first kappa shape index (κ1) is 10.1. The van der Waals surface area contributed by atoms with Crippen LogP contribution in [0.25, 0.3) is 0 Å². The van der Waals surface area contributed by atoms with E-state index in [1.807, 2.05) is 0 Å². The fourth-order valence-electron chi connectivity index (χ4n) is 1.24. The Hall–Kier alpha value is -2.44. The van der Waals surface area contributed by atoms with Crippen molar-refractivity contribution in [1.29, 1.82) is 0 Å². The predicted molar refractivity (Wildman–Crippen MR) is 57.4 cm³/mol. The van der Waals surface area contributed by atoms with Gasteiger partial charge in [0.05, 0.1) is 4.92 Å². The van der Waals surface area contributed by atoms with Crippen molar-refractivity contribution in [3.63, 3.8) is 0 Å². The summed E-state index contributed by atoms with van der Waals surface area (Å²) < 4.78 is 1.73. The largest absolute Gasteiger partial charge is 0.320 e. The number of nitro groups is 1. The molecule has 7 nitrogen and oxygen atoms in total. The van der Waals surface area contributed by atoms with Gasteiger partial charge >= 0.3 is 5.69 Å². The second-order valence-electron chi connectivity index (χ2n) is 3.14. The van der Waals surface area contributed by atoms with Gasteiger partial charge < -0.3 is 9.88 Å². The van der Waals surface area contributed by atoms with Gasteiger partial charge in [0.2, 0.25) is 5.95 Å². The van der Waals surface area contributed by atoms with Gasteiger partial charge in [-0.3, -0.25) is 15.1 Å². The van der Waals surface area contributed by atoms with Crippen molar-refractivity contribution in [1.82, 2.24) is 14.5 Å². The van der Waals surface area contributed by atoms with Gasteiger partial charge in [-0.1, -0.05) is 0 Å². The summed E-state index contributed by atoms with van der Waals surface area (Å²) in [5.41, 5.74) is 0.291. The maximum atomic E-state index is 10.7. The van der Waals surface area contributed by atoms with E-state index in [1.54, 1.807) is 24.0 Å². The van der Waals surface area contributed by atoms with E-state index in [0.29, 0.717) is 11.6 Å². The van der Waals surface area contributed by atoms with Crippen LogP contribution in [0.1, 0.15) is 0 Å². The van der Waals surface area contributed by atoms with Gasteiger partial charge in [0.15, 0.2) is 0 Å². The molecule has 0 bridgehead atoms. The molecular weight excluding hydrogens is 210 g/mol. The molecule has 2 heterocycles. The highest BCUT2D eigenvalue weighted by Gasteiger charge is 2.14. The zero-order valence-electron chi connectivity index (χ0n) is 8.49. The monoisotopic (exact) mass is 219 g/mol. The molecular formula is C9H9N5O2. The molecule has 0 aliphatic heterocycles. The first-order valence-corrected chi connectivity index (χ1v) is 4.51. The van der Waals surface area contributed by atoms with Crippen LogP contribution < -0.4 is 5.32 Å². The standard InChI is InChI=1S/C9H9N5O2/c1-13-5-4-11-9(13)12-7-2-3-10-6-8(7)14(15)16/h2-6H,1H3,(H,10,11,12). The molecule has 0 saturated carbocycles. The minimum atomic E-state index is -0.488. The topological polar surface area (TPSA) is 85.9 Å². The summed E-state index contributed by atoms with van der Waals surface area (Å²) in [4.78, 5) is 18.0. The highest BCUT2D eigenvalue weighted by Crippen LogP contribution is 2.24. The van der Waals surface area contributed by atoms with Crippen molar-refractivity contribution in [3.8, 4) is 0 Å². The fraction of sp³-hybridized carbons (Fsp3) is 0.111. The van der Waals surface area contributed by atoms with Crippen LogP contribution in [-0.2, 0) is 7.05 Å². The zero-order valence-corrected chi connectivity index (χ0v) is 8.49. The van der Waals surface area contributed by atoms with Crippen LogP contribution in [0, 0.1) is 10.1 Å². The van der Waals surface area contributed by atoms with Crippen molar-refractivity contribution in [2.24, 2.45) is 7.05 Å².